The van der Waals surface area contributed by atoms with Gasteiger partial charge in [0.1, 0.15) is 0 Å². The standard InChI is InChI=1S/C17H32N2O/c1-2-15-8-7-12-19(13-9-15)16(20)17(14-18)10-5-3-4-6-11-17/h15H,2-14,18H2,1H3. The summed E-state index contributed by atoms with van der Waals surface area (Å²) < 4.78 is 0. The van der Waals surface area contributed by atoms with Crippen molar-refractivity contribution < 1.29 is 4.79 Å². The highest BCUT2D eigenvalue weighted by molar-refractivity contribution is 5.83. The van der Waals surface area contributed by atoms with Crippen LogP contribution >= 0.6 is 0 Å². The molecule has 3 heteroatoms. The van der Waals surface area contributed by atoms with Crippen LogP contribution in [0, 0.1) is 11.3 Å². The summed E-state index contributed by atoms with van der Waals surface area (Å²) in [4.78, 5) is 15.2. The quantitative estimate of drug-likeness (QED) is 0.806. The second-order valence-electron chi connectivity index (χ2n) is 6.90. The number of likely N-dealkylation sites (tertiary alicyclic amines) is 1. The maximum atomic E-state index is 13.1. The van der Waals surface area contributed by atoms with Crippen LogP contribution in [0.5, 0.6) is 0 Å². The van der Waals surface area contributed by atoms with Crippen molar-refractivity contribution >= 4 is 5.91 Å². The predicted molar refractivity (Wildman–Crippen MR) is 83.4 cm³/mol. The number of carbonyl (C=O) groups is 1. The molecule has 1 unspecified atom stereocenters. The van der Waals surface area contributed by atoms with E-state index in [1.165, 1.54) is 51.4 Å². The van der Waals surface area contributed by atoms with Crippen molar-refractivity contribution in [1.82, 2.24) is 4.90 Å². The fourth-order valence-electron chi connectivity index (χ4n) is 4.02. The van der Waals surface area contributed by atoms with Gasteiger partial charge in [0.2, 0.25) is 5.91 Å². The van der Waals surface area contributed by atoms with Crippen LogP contribution in [0.4, 0.5) is 0 Å². The number of rotatable bonds is 3. The minimum atomic E-state index is -0.234. The molecule has 1 aliphatic carbocycles. The number of carbonyl (C=O) groups excluding carboxylic acids is 1. The number of nitrogens with two attached hydrogens (primary N) is 1. The molecule has 0 bridgehead atoms. The molecule has 1 amide bonds. The summed E-state index contributed by atoms with van der Waals surface area (Å²) in [5.41, 5.74) is 5.83. The van der Waals surface area contributed by atoms with E-state index in [1.54, 1.807) is 0 Å². The van der Waals surface area contributed by atoms with E-state index in [0.717, 1.165) is 31.8 Å². The molecule has 0 spiro atoms. The maximum Gasteiger partial charge on any atom is 0.230 e. The van der Waals surface area contributed by atoms with E-state index in [9.17, 15) is 4.79 Å². The van der Waals surface area contributed by atoms with Crippen molar-refractivity contribution in [2.45, 2.75) is 71.1 Å². The Morgan fingerprint density at radius 3 is 2.40 bits per heavy atom. The first-order valence-electron chi connectivity index (χ1n) is 8.71. The fraction of sp³-hybridized carbons (Fsp3) is 0.941. The number of nitrogens with zero attached hydrogens (tertiary/aromatic N) is 1. The Morgan fingerprint density at radius 2 is 1.80 bits per heavy atom. The fourth-order valence-corrected chi connectivity index (χ4v) is 4.02. The molecule has 1 atom stereocenters. The van der Waals surface area contributed by atoms with E-state index in [4.69, 9.17) is 5.73 Å². The van der Waals surface area contributed by atoms with Crippen LogP contribution in [-0.4, -0.2) is 30.4 Å². The van der Waals surface area contributed by atoms with E-state index in [1.807, 2.05) is 0 Å². The highest BCUT2D eigenvalue weighted by Crippen LogP contribution is 2.36. The molecule has 20 heavy (non-hydrogen) atoms. The summed E-state index contributed by atoms with van der Waals surface area (Å²) in [6.07, 6.45) is 11.8. The smallest absolute Gasteiger partial charge is 0.230 e. The number of hydrogen-bond donors (Lipinski definition) is 1. The Kier molecular flexibility index (Phi) is 5.88. The first kappa shape index (κ1) is 15.8. The van der Waals surface area contributed by atoms with Crippen molar-refractivity contribution in [3.63, 3.8) is 0 Å². The van der Waals surface area contributed by atoms with Crippen LogP contribution in [0.3, 0.4) is 0 Å². The Morgan fingerprint density at radius 1 is 1.10 bits per heavy atom. The molecular weight excluding hydrogens is 248 g/mol. The summed E-state index contributed by atoms with van der Waals surface area (Å²) in [7, 11) is 0. The van der Waals surface area contributed by atoms with E-state index in [2.05, 4.69) is 11.8 Å². The SMILES string of the molecule is CCC1CCCN(C(=O)C2(CN)CCCCCC2)CC1. The lowest BCUT2D eigenvalue weighted by Gasteiger charge is -2.35. The molecule has 116 valence electrons. The van der Waals surface area contributed by atoms with Crippen LogP contribution in [0.25, 0.3) is 0 Å². The molecule has 0 aromatic carbocycles. The van der Waals surface area contributed by atoms with E-state index >= 15 is 0 Å². The van der Waals surface area contributed by atoms with Gasteiger partial charge < -0.3 is 10.6 Å². The zero-order chi connectivity index (χ0) is 14.4. The van der Waals surface area contributed by atoms with Gasteiger partial charge in [0.25, 0.3) is 0 Å². The van der Waals surface area contributed by atoms with E-state index < -0.39 is 0 Å². The van der Waals surface area contributed by atoms with Gasteiger partial charge in [-0.2, -0.15) is 0 Å². The predicted octanol–water partition coefficient (Wildman–Crippen LogP) is 3.32. The van der Waals surface area contributed by atoms with Gasteiger partial charge in [0.15, 0.2) is 0 Å². The number of amides is 1. The first-order chi connectivity index (χ1) is 9.72. The maximum absolute atomic E-state index is 13.1. The third kappa shape index (κ3) is 3.55. The summed E-state index contributed by atoms with van der Waals surface area (Å²) in [5.74, 6) is 1.19. The van der Waals surface area contributed by atoms with Crippen LogP contribution < -0.4 is 5.73 Å². The lowest BCUT2D eigenvalue weighted by Crippen LogP contribution is -2.48. The van der Waals surface area contributed by atoms with Crippen LogP contribution in [0.15, 0.2) is 0 Å². The molecule has 1 saturated heterocycles. The lowest BCUT2D eigenvalue weighted by molar-refractivity contribution is -0.142. The minimum absolute atomic E-state index is 0.234. The van der Waals surface area contributed by atoms with Gasteiger partial charge >= 0.3 is 0 Å². The van der Waals surface area contributed by atoms with Crippen molar-refractivity contribution in [2.75, 3.05) is 19.6 Å². The van der Waals surface area contributed by atoms with Gasteiger partial charge in [-0.05, 0) is 38.0 Å². The molecule has 2 fully saturated rings. The Labute approximate surface area is 124 Å². The monoisotopic (exact) mass is 280 g/mol. The summed E-state index contributed by atoms with van der Waals surface area (Å²) in [6.45, 7) is 4.73. The average Bonchev–Trinajstić information content (AvgIpc) is 2.87. The highest BCUT2D eigenvalue weighted by Gasteiger charge is 2.40. The molecule has 1 saturated carbocycles. The van der Waals surface area contributed by atoms with Gasteiger partial charge in [-0.1, -0.05) is 39.0 Å². The third-order valence-electron chi connectivity index (χ3n) is 5.62. The zero-order valence-corrected chi connectivity index (χ0v) is 13.2. The van der Waals surface area contributed by atoms with Gasteiger partial charge in [-0.25, -0.2) is 0 Å². The molecule has 2 N–H and O–H groups in total. The number of hydrogen-bond acceptors (Lipinski definition) is 2. The lowest BCUT2D eigenvalue weighted by atomic mass is 9.79. The Hall–Kier alpha value is -0.570. The second kappa shape index (κ2) is 7.44. The Bertz CT molecular complexity index is 308. The summed E-state index contributed by atoms with van der Waals surface area (Å²) in [6, 6.07) is 0. The molecule has 1 heterocycles. The normalized spacial score (nSPS) is 27.7. The summed E-state index contributed by atoms with van der Waals surface area (Å²) >= 11 is 0. The summed E-state index contributed by atoms with van der Waals surface area (Å²) in [5, 5.41) is 0. The van der Waals surface area contributed by atoms with Crippen molar-refractivity contribution in [1.29, 1.82) is 0 Å². The molecule has 0 aromatic rings. The topological polar surface area (TPSA) is 46.3 Å². The first-order valence-corrected chi connectivity index (χ1v) is 8.71. The van der Waals surface area contributed by atoms with Gasteiger partial charge in [-0.3, -0.25) is 4.79 Å². The largest absolute Gasteiger partial charge is 0.342 e. The van der Waals surface area contributed by atoms with Crippen molar-refractivity contribution in [3.05, 3.63) is 0 Å². The third-order valence-corrected chi connectivity index (χ3v) is 5.62. The van der Waals surface area contributed by atoms with Gasteiger partial charge in [-0.15, -0.1) is 0 Å². The molecule has 3 nitrogen and oxygen atoms in total. The van der Waals surface area contributed by atoms with Gasteiger partial charge in [0.05, 0.1) is 5.41 Å². The Balaban J connectivity index is 2.03. The van der Waals surface area contributed by atoms with Gasteiger partial charge in [0, 0.05) is 19.6 Å². The van der Waals surface area contributed by atoms with Crippen molar-refractivity contribution in [2.24, 2.45) is 17.1 Å². The molecule has 1 aliphatic heterocycles. The van der Waals surface area contributed by atoms with Crippen molar-refractivity contribution in [3.8, 4) is 0 Å². The molecule has 2 rings (SSSR count). The molecule has 2 aliphatic rings. The van der Waals surface area contributed by atoms with Crippen LogP contribution in [0.2, 0.25) is 0 Å². The second-order valence-corrected chi connectivity index (χ2v) is 6.90. The van der Waals surface area contributed by atoms with E-state index in [-0.39, 0.29) is 5.41 Å². The molecular formula is C17H32N2O. The minimum Gasteiger partial charge on any atom is -0.342 e. The zero-order valence-electron chi connectivity index (χ0n) is 13.2. The van der Waals surface area contributed by atoms with Crippen LogP contribution in [0.1, 0.15) is 71.1 Å². The van der Waals surface area contributed by atoms with Crippen LogP contribution in [-0.2, 0) is 4.79 Å². The average molecular weight is 280 g/mol. The molecule has 0 radical (unpaired) electrons. The van der Waals surface area contributed by atoms with E-state index in [0.29, 0.717) is 12.5 Å². The highest BCUT2D eigenvalue weighted by atomic mass is 16.2. The molecule has 0 aromatic heterocycles.